The fourth-order valence-corrected chi connectivity index (χ4v) is 4.85. The number of anilines is 3. The zero-order valence-electron chi connectivity index (χ0n) is 18.3. The number of hydrogen-bond donors (Lipinski definition) is 1. The fraction of sp³-hybridized carbons (Fsp3) is 0.0345. The van der Waals surface area contributed by atoms with Gasteiger partial charge in [-0.05, 0) is 41.0 Å². The number of allylic oxidation sites excluding steroid dienone is 1. The number of benzene rings is 4. The quantitative estimate of drug-likeness (QED) is 0.243. The first kappa shape index (κ1) is 20.0. The van der Waals surface area contributed by atoms with E-state index in [4.69, 9.17) is 0 Å². The van der Waals surface area contributed by atoms with E-state index in [0.717, 1.165) is 44.9 Å². The number of nitrogens with zero attached hydrogens (tertiary/aromatic N) is 2. The van der Waals surface area contributed by atoms with Gasteiger partial charge in [-0.15, -0.1) is 0 Å². The zero-order chi connectivity index (χ0) is 23.1. The van der Waals surface area contributed by atoms with Gasteiger partial charge in [-0.3, -0.25) is 10.1 Å². The van der Waals surface area contributed by atoms with Crippen molar-refractivity contribution in [3.63, 3.8) is 0 Å². The Balaban J connectivity index is 1.66. The summed E-state index contributed by atoms with van der Waals surface area (Å²) in [4.78, 5) is 13.7. The average molecular weight is 444 g/mol. The summed E-state index contributed by atoms with van der Waals surface area (Å²) in [6, 6.07) is 33.2. The number of nitrogens with one attached hydrogen (secondary N) is 1. The van der Waals surface area contributed by atoms with E-state index < -0.39 is 0 Å². The number of fused-ring (bicyclic) bond motifs is 5. The van der Waals surface area contributed by atoms with Crippen molar-refractivity contribution >= 4 is 22.6 Å². The Morgan fingerprint density at radius 3 is 2.12 bits per heavy atom. The van der Waals surface area contributed by atoms with E-state index in [-0.39, 0.29) is 10.6 Å². The molecular formula is C29H21N3O2. The third-order valence-corrected chi connectivity index (χ3v) is 6.35. The molecule has 34 heavy (non-hydrogen) atoms. The lowest BCUT2D eigenvalue weighted by Gasteiger charge is -2.28. The van der Waals surface area contributed by atoms with Crippen LogP contribution < -0.4 is 10.2 Å². The molecule has 0 aliphatic carbocycles. The third-order valence-electron chi connectivity index (χ3n) is 6.35. The van der Waals surface area contributed by atoms with Crippen molar-refractivity contribution in [2.75, 3.05) is 11.4 Å². The van der Waals surface area contributed by atoms with Gasteiger partial charge in [0.25, 0.3) is 5.70 Å². The minimum absolute atomic E-state index is 0.124. The Morgan fingerprint density at radius 1 is 0.735 bits per heavy atom. The first-order valence-corrected chi connectivity index (χ1v) is 11.2. The van der Waals surface area contributed by atoms with Gasteiger partial charge in [0.1, 0.15) is 0 Å². The largest absolute Gasteiger partial charge is 0.386 e. The Kier molecular flexibility index (Phi) is 4.73. The lowest BCUT2D eigenvalue weighted by Crippen LogP contribution is -2.16. The topological polar surface area (TPSA) is 58.4 Å². The molecule has 0 aromatic heterocycles. The zero-order valence-corrected chi connectivity index (χ0v) is 18.3. The summed E-state index contributed by atoms with van der Waals surface area (Å²) in [7, 11) is 0. The van der Waals surface area contributed by atoms with Crippen LogP contribution in [0.15, 0.2) is 115 Å². The monoisotopic (exact) mass is 443 g/mol. The molecule has 0 radical (unpaired) electrons. The molecule has 2 aliphatic heterocycles. The number of hydrogen-bond acceptors (Lipinski definition) is 4. The predicted octanol–water partition coefficient (Wildman–Crippen LogP) is 6.91. The first-order chi connectivity index (χ1) is 16.7. The summed E-state index contributed by atoms with van der Waals surface area (Å²) < 4.78 is 0. The minimum Gasteiger partial charge on any atom is -0.386 e. The van der Waals surface area contributed by atoms with Gasteiger partial charge in [-0.25, -0.2) is 0 Å². The molecule has 2 aliphatic rings. The molecule has 6 rings (SSSR count). The number of rotatable bonds is 3. The molecule has 5 nitrogen and oxygen atoms in total. The van der Waals surface area contributed by atoms with E-state index >= 15 is 0 Å². The SMILES string of the molecule is O=[N+]([O-])C1=CCNC=C1c1ccc2c(c1)N(c1ccccc1)c1ccccc1-c1ccccc1-2. The lowest BCUT2D eigenvalue weighted by molar-refractivity contribution is -0.417. The highest BCUT2D eigenvalue weighted by Gasteiger charge is 2.28. The van der Waals surface area contributed by atoms with Crippen molar-refractivity contribution in [2.24, 2.45) is 0 Å². The molecular weight excluding hydrogens is 422 g/mol. The average Bonchev–Trinajstić information content (AvgIpc) is 3.01. The summed E-state index contributed by atoms with van der Waals surface area (Å²) in [5, 5.41) is 14.9. The van der Waals surface area contributed by atoms with Gasteiger partial charge in [-0.2, -0.15) is 0 Å². The normalized spacial score (nSPS) is 13.9. The van der Waals surface area contributed by atoms with Crippen LogP contribution in [0.2, 0.25) is 0 Å². The van der Waals surface area contributed by atoms with Gasteiger partial charge >= 0.3 is 0 Å². The van der Waals surface area contributed by atoms with Gasteiger partial charge in [0.05, 0.1) is 21.9 Å². The van der Waals surface area contributed by atoms with Crippen molar-refractivity contribution in [1.82, 2.24) is 5.32 Å². The number of nitro groups is 1. The summed E-state index contributed by atoms with van der Waals surface area (Å²) in [6.45, 7) is 0.446. The Bertz CT molecular complexity index is 1490. The molecule has 0 saturated carbocycles. The second-order valence-corrected chi connectivity index (χ2v) is 8.28. The molecule has 1 N–H and O–H groups in total. The molecule has 4 aromatic carbocycles. The number of dihydropyridines is 1. The van der Waals surface area contributed by atoms with Gasteiger partial charge in [0.2, 0.25) is 0 Å². The van der Waals surface area contributed by atoms with Crippen LogP contribution in [0.1, 0.15) is 5.56 Å². The molecule has 4 aromatic rings. The van der Waals surface area contributed by atoms with Crippen LogP contribution in [-0.2, 0) is 0 Å². The summed E-state index contributed by atoms with van der Waals surface area (Å²) in [5.74, 6) is 0. The molecule has 0 atom stereocenters. The van der Waals surface area contributed by atoms with Crippen molar-refractivity contribution < 1.29 is 4.92 Å². The predicted molar refractivity (Wildman–Crippen MR) is 137 cm³/mol. The molecule has 2 heterocycles. The highest BCUT2D eigenvalue weighted by molar-refractivity contribution is 6.03. The van der Waals surface area contributed by atoms with E-state index in [1.165, 1.54) is 0 Å². The van der Waals surface area contributed by atoms with E-state index in [0.29, 0.717) is 12.1 Å². The Hall–Kier alpha value is -4.64. The van der Waals surface area contributed by atoms with Crippen molar-refractivity contribution in [3.8, 4) is 22.3 Å². The molecule has 0 saturated heterocycles. The third kappa shape index (κ3) is 3.18. The minimum atomic E-state index is -0.308. The van der Waals surface area contributed by atoms with Gasteiger partial charge in [0, 0.05) is 35.6 Å². The maximum Gasteiger partial charge on any atom is 0.276 e. The first-order valence-electron chi connectivity index (χ1n) is 11.2. The summed E-state index contributed by atoms with van der Waals surface area (Å²) >= 11 is 0. The lowest BCUT2D eigenvalue weighted by atomic mass is 9.92. The fourth-order valence-electron chi connectivity index (χ4n) is 4.85. The van der Waals surface area contributed by atoms with Crippen LogP contribution >= 0.6 is 0 Å². The van der Waals surface area contributed by atoms with Crippen LogP contribution in [0.3, 0.4) is 0 Å². The van der Waals surface area contributed by atoms with Gasteiger partial charge < -0.3 is 10.2 Å². The highest BCUT2D eigenvalue weighted by atomic mass is 16.6. The summed E-state index contributed by atoms with van der Waals surface area (Å²) in [6.07, 6.45) is 3.37. The number of para-hydroxylation sites is 2. The molecule has 0 fully saturated rings. The van der Waals surface area contributed by atoms with Crippen LogP contribution in [-0.4, -0.2) is 11.5 Å². The molecule has 164 valence electrons. The van der Waals surface area contributed by atoms with Crippen LogP contribution in [0.5, 0.6) is 0 Å². The van der Waals surface area contributed by atoms with E-state index in [9.17, 15) is 10.1 Å². The second kappa shape index (κ2) is 8.05. The van der Waals surface area contributed by atoms with Crippen LogP contribution in [0.4, 0.5) is 17.1 Å². The van der Waals surface area contributed by atoms with E-state index in [2.05, 4.69) is 76.9 Å². The molecule has 5 heteroatoms. The molecule has 0 unspecified atom stereocenters. The van der Waals surface area contributed by atoms with Crippen LogP contribution in [0, 0.1) is 10.1 Å². The standard InChI is InChI=1S/C29H21N3O2/c33-32(34)28-16-17-30-19-26(28)20-14-15-25-23-11-5-4-10-22(23)24-12-6-7-13-27(24)31(29(25)18-20)21-8-2-1-3-9-21/h1-16,18-19,30H,17H2. The van der Waals surface area contributed by atoms with Gasteiger partial charge in [-0.1, -0.05) is 72.8 Å². The van der Waals surface area contributed by atoms with Crippen molar-refractivity contribution in [1.29, 1.82) is 0 Å². The van der Waals surface area contributed by atoms with Crippen molar-refractivity contribution in [2.45, 2.75) is 0 Å². The molecule has 0 amide bonds. The maximum atomic E-state index is 11.8. The highest BCUT2D eigenvalue weighted by Crippen LogP contribution is 2.51. The second-order valence-electron chi connectivity index (χ2n) is 8.28. The van der Waals surface area contributed by atoms with Gasteiger partial charge in [0.15, 0.2) is 0 Å². The van der Waals surface area contributed by atoms with E-state index in [1.807, 2.05) is 30.3 Å². The Morgan fingerprint density at radius 2 is 1.38 bits per heavy atom. The Labute approximate surface area is 197 Å². The molecule has 0 spiro atoms. The smallest absolute Gasteiger partial charge is 0.276 e. The summed E-state index contributed by atoms with van der Waals surface area (Å²) in [5.41, 5.74) is 9.10. The van der Waals surface area contributed by atoms with Crippen LogP contribution in [0.25, 0.3) is 27.8 Å². The molecule has 0 bridgehead atoms. The van der Waals surface area contributed by atoms with E-state index in [1.54, 1.807) is 12.3 Å². The maximum absolute atomic E-state index is 11.8. The van der Waals surface area contributed by atoms with Crippen molar-refractivity contribution in [3.05, 3.63) is 131 Å².